The summed E-state index contributed by atoms with van der Waals surface area (Å²) < 4.78 is 13.2. The average Bonchev–Trinajstić information content (AvgIpc) is 2.29. The maximum atomic E-state index is 13.2. The van der Waals surface area contributed by atoms with Gasteiger partial charge < -0.3 is 0 Å². The van der Waals surface area contributed by atoms with Gasteiger partial charge in [-0.3, -0.25) is 4.90 Å². The molecule has 0 unspecified atom stereocenters. The minimum absolute atomic E-state index is 0.0407. The van der Waals surface area contributed by atoms with E-state index in [2.05, 4.69) is 31.7 Å². The van der Waals surface area contributed by atoms with Crippen molar-refractivity contribution in [2.75, 3.05) is 7.05 Å². The summed E-state index contributed by atoms with van der Waals surface area (Å²) in [7, 11) is 2.00. The molecule has 0 amide bonds. The number of rotatable bonds is 4. The van der Waals surface area contributed by atoms with Crippen molar-refractivity contribution in [1.29, 1.82) is 5.26 Å². The van der Waals surface area contributed by atoms with E-state index in [-0.39, 0.29) is 11.4 Å². The highest BCUT2D eigenvalue weighted by molar-refractivity contribution is 5.37. The third-order valence-corrected chi connectivity index (χ3v) is 3.49. The largest absolute Gasteiger partial charge is 0.297 e. The Morgan fingerprint density at radius 2 is 2.06 bits per heavy atom. The first-order chi connectivity index (χ1) is 7.90. The van der Waals surface area contributed by atoms with Crippen molar-refractivity contribution in [2.45, 2.75) is 39.3 Å². The number of nitrogens with zero attached hydrogens (tertiary/aromatic N) is 2. The van der Waals surface area contributed by atoms with E-state index in [1.54, 1.807) is 0 Å². The average molecular weight is 234 g/mol. The zero-order valence-electron chi connectivity index (χ0n) is 10.9. The molecule has 0 bridgehead atoms. The lowest BCUT2D eigenvalue weighted by atomic mass is 9.98. The molecule has 0 N–H and O–H groups in total. The second-order valence-corrected chi connectivity index (χ2v) is 4.94. The summed E-state index contributed by atoms with van der Waals surface area (Å²) >= 11 is 0. The Hall–Kier alpha value is -1.40. The van der Waals surface area contributed by atoms with Gasteiger partial charge in [0.2, 0.25) is 0 Å². The smallest absolute Gasteiger partial charge is 0.123 e. The summed E-state index contributed by atoms with van der Waals surface area (Å²) in [5.41, 5.74) is 1.33. The summed E-state index contributed by atoms with van der Waals surface area (Å²) in [6.45, 7) is 6.98. The molecule has 1 aromatic carbocycles. The van der Waals surface area contributed by atoms with E-state index in [1.165, 1.54) is 18.2 Å². The number of nitriles is 1. The monoisotopic (exact) mass is 234 g/mol. The molecule has 0 heterocycles. The fourth-order valence-electron chi connectivity index (χ4n) is 1.54. The van der Waals surface area contributed by atoms with Crippen LogP contribution in [-0.4, -0.2) is 17.5 Å². The molecule has 92 valence electrons. The van der Waals surface area contributed by atoms with Gasteiger partial charge >= 0.3 is 0 Å². The van der Waals surface area contributed by atoms with Crippen molar-refractivity contribution in [1.82, 2.24) is 4.90 Å². The maximum Gasteiger partial charge on any atom is 0.123 e. The van der Waals surface area contributed by atoms with E-state index < -0.39 is 0 Å². The SMILES string of the molecule is CCC(C)(C)N(C)Cc1cc(F)ccc1C#N. The molecule has 0 saturated heterocycles. The molecule has 0 aliphatic rings. The Balaban J connectivity index is 2.96. The van der Waals surface area contributed by atoms with Crippen molar-refractivity contribution < 1.29 is 4.39 Å². The topological polar surface area (TPSA) is 27.0 Å². The first-order valence-electron chi connectivity index (χ1n) is 5.80. The summed E-state index contributed by atoms with van der Waals surface area (Å²) in [6, 6.07) is 6.42. The molecule has 0 aliphatic carbocycles. The van der Waals surface area contributed by atoms with Gasteiger partial charge in [-0.05, 0) is 51.1 Å². The molecular weight excluding hydrogens is 215 g/mol. The van der Waals surface area contributed by atoms with E-state index in [9.17, 15) is 4.39 Å². The van der Waals surface area contributed by atoms with Crippen molar-refractivity contribution in [2.24, 2.45) is 0 Å². The predicted molar refractivity (Wildman–Crippen MR) is 67.0 cm³/mol. The van der Waals surface area contributed by atoms with Crippen LogP contribution in [0.15, 0.2) is 18.2 Å². The summed E-state index contributed by atoms with van der Waals surface area (Å²) in [6.07, 6.45) is 1.00. The molecule has 0 aromatic heterocycles. The Labute approximate surface area is 103 Å². The van der Waals surface area contributed by atoms with Crippen molar-refractivity contribution in [3.63, 3.8) is 0 Å². The van der Waals surface area contributed by atoms with Crippen LogP contribution < -0.4 is 0 Å². The number of hydrogen-bond donors (Lipinski definition) is 0. The number of halogens is 1. The molecule has 0 radical (unpaired) electrons. The molecule has 0 saturated carbocycles. The minimum atomic E-state index is -0.290. The molecule has 0 aliphatic heterocycles. The van der Waals surface area contributed by atoms with Gasteiger partial charge in [-0.1, -0.05) is 6.92 Å². The normalized spacial score (nSPS) is 11.6. The Morgan fingerprint density at radius 3 is 2.59 bits per heavy atom. The van der Waals surface area contributed by atoms with Crippen LogP contribution in [0.5, 0.6) is 0 Å². The molecule has 0 spiro atoms. The maximum absolute atomic E-state index is 13.2. The molecular formula is C14H19FN2. The van der Waals surface area contributed by atoms with Gasteiger partial charge in [0.25, 0.3) is 0 Å². The standard InChI is InChI=1S/C14H19FN2/c1-5-14(2,3)17(4)10-12-8-13(15)7-6-11(12)9-16/h6-8H,5,10H2,1-4H3. The van der Waals surface area contributed by atoms with Gasteiger partial charge in [0.15, 0.2) is 0 Å². The van der Waals surface area contributed by atoms with Crippen LogP contribution in [0.1, 0.15) is 38.3 Å². The summed E-state index contributed by atoms with van der Waals surface area (Å²) in [5.74, 6) is -0.290. The number of benzene rings is 1. The van der Waals surface area contributed by atoms with Crippen LogP contribution >= 0.6 is 0 Å². The van der Waals surface area contributed by atoms with E-state index in [1.807, 2.05) is 7.05 Å². The van der Waals surface area contributed by atoms with E-state index in [4.69, 9.17) is 5.26 Å². The highest BCUT2D eigenvalue weighted by atomic mass is 19.1. The van der Waals surface area contributed by atoms with Gasteiger partial charge in [-0.15, -0.1) is 0 Å². The van der Waals surface area contributed by atoms with Crippen LogP contribution in [0.2, 0.25) is 0 Å². The van der Waals surface area contributed by atoms with Crippen LogP contribution in [-0.2, 0) is 6.54 Å². The van der Waals surface area contributed by atoms with Crippen molar-refractivity contribution in [3.8, 4) is 6.07 Å². The van der Waals surface area contributed by atoms with E-state index >= 15 is 0 Å². The third kappa shape index (κ3) is 3.28. The second kappa shape index (κ2) is 5.29. The van der Waals surface area contributed by atoms with Gasteiger partial charge in [-0.25, -0.2) is 4.39 Å². The van der Waals surface area contributed by atoms with E-state index in [0.29, 0.717) is 12.1 Å². The predicted octanol–water partition coefficient (Wildman–Crippen LogP) is 3.32. The summed E-state index contributed by atoms with van der Waals surface area (Å²) in [5, 5.41) is 8.99. The van der Waals surface area contributed by atoms with Crippen LogP contribution in [0.25, 0.3) is 0 Å². The van der Waals surface area contributed by atoms with Crippen molar-refractivity contribution in [3.05, 3.63) is 35.1 Å². The van der Waals surface area contributed by atoms with Gasteiger partial charge in [0.1, 0.15) is 5.82 Å². The highest BCUT2D eigenvalue weighted by Gasteiger charge is 2.21. The lowest BCUT2D eigenvalue weighted by Crippen LogP contribution is -2.39. The van der Waals surface area contributed by atoms with Crippen molar-refractivity contribution >= 4 is 0 Å². The minimum Gasteiger partial charge on any atom is -0.297 e. The Bertz CT molecular complexity index is 432. The first kappa shape index (κ1) is 13.7. The van der Waals surface area contributed by atoms with E-state index in [0.717, 1.165) is 12.0 Å². The number of hydrogen-bond acceptors (Lipinski definition) is 2. The lowest BCUT2D eigenvalue weighted by Gasteiger charge is -2.35. The molecule has 0 fully saturated rings. The van der Waals surface area contributed by atoms with Gasteiger partial charge in [0, 0.05) is 12.1 Å². The molecule has 3 heteroatoms. The van der Waals surface area contributed by atoms with Gasteiger partial charge in [0.05, 0.1) is 11.6 Å². The Kier molecular flexibility index (Phi) is 4.25. The van der Waals surface area contributed by atoms with Crippen LogP contribution in [0.4, 0.5) is 4.39 Å². The molecule has 17 heavy (non-hydrogen) atoms. The fourth-order valence-corrected chi connectivity index (χ4v) is 1.54. The summed E-state index contributed by atoms with van der Waals surface area (Å²) in [4.78, 5) is 2.14. The van der Waals surface area contributed by atoms with Crippen LogP contribution in [0.3, 0.4) is 0 Å². The first-order valence-corrected chi connectivity index (χ1v) is 5.80. The third-order valence-electron chi connectivity index (χ3n) is 3.49. The molecule has 2 nitrogen and oxygen atoms in total. The Morgan fingerprint density at radius 1 is 1.41 bits per heavy atom. The van der Waals surface area contributed by atoms with Crippen LogP contribution in [0, 0.1) is 17.1 Å². The fraction of sp³-hybridized carbons (Fsp3) is 0.500. The van der Waals surface area contributed by atoms with Gasteiger partial charge in [-0.2, -0.15) is 5.26 Å². The zero-order chi connectivity index (χ0) is 13.1. The molecule has 1 rings (SSSR count). The zero-order valence-corrected chi connectivity index (χ0v) is 10.9. The quantitative estimate of drug-likeness (QED) is 0.799. The second-order valence-electron chi connectivity index (χ2n) is 4.94. The molecule has 1 aromatic rings. The lowest BCUT2D eigenvalue weighted by molar-refractivity contribution is 0.143. The highest BCUT2D eigenvalue weighted by Crippen LogP contribution is 2.21. The molecule has 0 atom stereocenters.